The molecule has 1 saturated heterocycles. The highest BCUT2D eigenvalue weighted by Gasteiger charge is 2.36. The van der Waals surface area contributed by atoms with E-state index in [2.05, 4.69) is 33.3 Å². The zero-order valence-corrected chi connectivity index (χ0v) is 12.2. The van der Waals surface area contributed by atoms with E-state index in [1.165, 1.54) is 0 Å². The summed E-state index contributed by atoms with van der Waals surface area (Å²) in [6.45, 7) is 6.54. The van der Waals surface area contributed by atoms with Crippen molar-refractivity contribution in [3.8, 4) is 0 Å². The average molecular weight is 288 g/mol. The van der Waals surface area contributed by atoms with Crippen molar-refractivity contribution in [1.82, 2.24) is 29.7 Å². The molecule has 0 saturated carbocycles. The van der Waals surface area contributed by atoms with Gasteiger partial charge in [-0.1, -0.05) is 5.21 Å². The lowest BCUT2D eigenvalue weighted by atomic mass is 10.0. The van der Waals surface area contributed by atoms with Crippen molar-refractivity contribution in [3.05, 3.63) is 29.8 Å². The molecule has 2 aliphatic rings. The number of fused-ring (bicyclic) bond motifs is 3. The van der Waals surface area contributed by atoms with Crippen molar-refractivity contribution >= 4 is 0 Å². The summed E-state index contributed by atoms with van der Waals surface area (Å²) in [5.74, 6) is 0. The smallest absolute Gasteiger partial charge is 0.0930 e. The summed E-state index contributed by atoms with van der Waals surface area (Å²) in [5, 5.41) is 12.8. The maximum Gasteiger partial charge on any atom is 0.0930 e. The minimum absolute atomic E-state index is 0.267. The molecule has 0 aromatic carbocycles. The van der Waals surface area contributed by atoms with Crippen LogP contribution in [0.5, 0.6) is 0 Å². The summed E-state index contributed by atoms with van der Waals surface area (Å²) in [7, 11) is 0. The normalized spacial score (nSPS) is 25.6. The molecule has 0 unspecified atom stereocenters. The first-order valence-corrected chi connectivity index (χ1v) is 7.59. The first-order valence-electron chi connectivity index (χ1n) is 7.59. The van der Waals surface area contributed by atoms with Gasteiger partial charge in [-0.3, -0.25) is 9.58 Å². The van der Waals surface area contributed by atoms with Gasteiger partial charge in [0.05, 0.1) is 36.3 Å². The van der Waals surface area contributed by atoms with E-state index in [-0.39, 0.29) is 12.1 Å². The Balaban J connectivity index is 1.48. The molecule has 2 aromatic heterocycles. The monoisotopic (exact) mass is 288 g/mol. The Morgan fingerprint density at radius 1 is 1.43 bits per heavy atom. The lowest BCUT2D eigenvalue weighted by molar-refractivity contribution is -0.0671. The molecule has 0 spiro atoms. The highest BCUT2D eigenvalue weighted by Crippen LogP contribution is 2.30. The summed E-state index contributed by atoms with van der Waals surface area (Å²) in [5.41, 5.74) is 2.21. The SMILES string of the molecule is CCn1ccc(CN2CC[C@H]3OCc4cnnn4[C@H]3C2)n1. The molecule has 7 heteroatoms. The van der Waals surface area contributed by atoms with Crippen molar-refractivity contribution < 1.29 is 4.74 Å². The maximum atomic E-state index is 5.94. The van der Waals surface area contributed by atoms with Gasteiger partial charge in [-0.25, -0.2) is 4.68 Å². The maximum absolute atomic E-state index is 5.94. The third kappa shape index (κ3) is 2.36. The standard InChI is InChI=1S/C14H20N6O/c1-2-19-6-3-11(16-19)8-18-5-4-14-13(9-18)20-12(10-21-14)7-15-17-20/h3,6-7,13-14H,2,4-5,8-10H2,1H3/t13-,14+/m0/s1. The van der Waals surface area contributed by atoms with Gasteiger partial charge in [-0.2, -0.15) is 5.10 Å². The molecular formula is C14H20N6O. The molecule has 0 amide bonds. The van der Waals surface area contributed by atoms with Crippen LogP contribution in [0.3, 0.4) is 0 Å². The minimum Gasteiger partial charge on any atom is -0.370 e. The largest absolute Gasteiger partial charge is 0.370 e. The number of rotatable bonds is 3. The van der Waals surface area contributed by atoms with Gasteiger partial charge < -0.3 is 4.74 Å². The van der Waals surface area contributed by atoms with Crippen LogP contribution in [-0.2, 0) is 24.4 Å². The lowest BCUT2D eigenvalue weighted by Gasteiger charge is -2.40. The fourth-order valence-electron chi connectivity index (χ4n) is 3.28. The van der Waals surface area contributed by atoms with E-state index < -0.39 is 0 Å². The lowest BCUT2D eigenvalue weighted by Crippen LogP contribution is -2.47. The van der Waals surface area contributed by atoms with E-state index in [9.17, 15) is 0 Å². The second-order valence-electron chi connectivity index (χ2n) is 5.77. The number of hydrogen-bond donors (Lipinski definition) is 0. The molecule has 0 aliphatic carbocycles. The number of aryl methyl sites for hydroxylation is 1. The number of piperidine rings is 1. The molecular weight excluding hydrogens is 268 g/mol. The van der Waals surface area contributed by atoms with Gasteiger partial charge >= 0.3 is 0 Å². The number of ether oxygens (including phenoxy) is 1. The van der Waals surface area contributed by atoms with Crippen LogP contribution in [0.25, 0.3) is 0 Å². The van der Waals surface area contributed by atoms with Crippen LogP contribution in [-0.4, -0.2) is 48.9 Å². The fraction of sp³-hybridized carbons (Fsp3) is 0.643. The Labute approximate surface area is 123 Å². The van der Waals surface area contributed by atoms with E-state index >= 15 is 0 Å². The van der Waals surface area contributed by atoms with E-state index in [0.717, 1.165) is 44.0 Å². The summed E-state index contributed by atoms with van der Waals surface area (Å²) in [6.07, 6.45) is 5.15. The van der Waals surface area contributed by atoms with Crippen molar-refractivity contribution in [3.63, 3.8) is 0 Å². The van der Waals surface area contributed by atoms with Crippen LogP contribution < -0.4 is 0 Å². The topological polar surface area (TPSA) is 61.0 Å². The molecule has 2 aromatic rings. The Hall–Kier alpha value is -1.73. The zero-order valence-electron chi connectivity index (χ0n) is 12.2. The Morgan fingerprint density at radius 2 is 2.38 bits per heavy atom. The minimum atomic E-state index is 0.267. The molecule has 4 heterocycles. The van der Waals surface area contributed by atoms with Gasteiger partial charge in [0, 0.05) is 32.4 Å². The van der Waals surface area contributed by atoms with Crippen LogP contribution in [0.1, 0.15) is 30.8 Å². The van der Waals surface area contributed by atoms with Crippen molar-refractivity contribution in [2.45, 2.75) is 45.2 Å². The molecule has 0 N–H and O–H groups in total. The summed E-state index contributed by atoms with van der Waals surface area (Å²) >= 11 is 0. The van der Waals surface area contributed by atoms with E-state index in [1.54, 1.807) is 6.20 Å². The molecule has 21 heavy (non-hydrogen) atoms. The molecule has 7 nitrogen and oxygen atoms in total. The number of hydrogen-bond acceptors (Lipinski definition) is 5. The highest BCUT2D eigenvalue weighted by atomic mass is 16.5. The second-order valence-corrected chi connectivity index (χ2v) is 5.77. The van der Waals surface area contributed by atoms with Crippen LogP contribution >= 0.6 is 0 Å². The summed E-state index contributed by atoms with van der Waals surface area (Å²) in [4.78, 5) is 2.43. The molecule has 112 valence electrons. The number of nitrogens with zero attached hydrogens (tertiary/aromatic N) is 6. The number of aromatic nitrogens is 5. The van der Waals surface area contributed by atoms with Crippen LogP contribution in [0.4, 0.5) is 0 Å². The first-order chi connectivity index (χ1) is 10.3. The Bertz CT molecular complexity index is 621. The van der Waals surface area contributed by atoms with Crippen LogP contribution in [0, 0.1) is 0 Å². The van der Waals surface area contributed by atoms with E-state index in [0.29, 0.717) is 6.61 Å². The Morgan fingerprint density at radius 3 is 3.24 bits per heavy atom. The van der Waals surface area contributed by atoms with Crippen molar-refractivity contribution in [2.24, 2.45) is 0 Å². The van der Waals surface area contributed by atoms with E-state index in [4.69, 9.17) is 4.74 Å². The molecule has 0 bridgehead atoms. The van der Waals surface area contributed by atoms with Gasteiger partial charge in [0.1, 0.15) is 0 Å². The Kier molecular flexibility index (Phi) is 3.23. The third-order valence-electron chi connectivity index (χ3n) is 4.42. The molecule has 1 fully saturated rings. The molecule has 0 radical (unpaired) electrons. The average Bonchev–Trinajstić information content (AvgIpc) is 3.15. The molecule has 4 rings (SSSR count). The van der Waals surface area contributed by atoms with Gasteiger partial charge in [0.15, 0.2) is 0 Å². The third-order valence-corrected chi connectivity index (χ3v) is 4.42. The quantitative estimate of drug-likeness (QED) is 0.837. The summed E-state index contributed by atoms with van der Waals surface area (Å²) in [6, 6.07) is 2.38. The predicted molar refractivity (Wildman–Crippen MR) is 75.4 cm³/mol. The van der Waals surface area contributed by atoms with Gasteiger partial charge in [-0.05, 0) is 19.4 Å². The molecule has 2 atom stereocenters. The highest BCUT2D eigenvalue weighted by molar-refractivity contribution is 5.03. The van der Waals surface area contributed by atoms with Crippen molar-refractivity contribution in [1.29, 1.82) is 0 Å². The van der Waals surface area contributed by atoms with Gasteiger partial charge in [-0.15, -0.1) is 5.10 Å². The predicted octanol–water partition coefficient (Wildman–Crippen LogP) is 0.840. The van der Waals surface area contributed by atoms with Crippen LogP contribution in [0.15, 0.2) is 18.5 Å². The van der Waals surface area contributed by atoms with Crippen molar-refractivity contribution in [2.75, 3.05) is 13.1 Å². The van der Waals surface area contributed by atoms with Crippen LogP contribution in [0.2, 0.25) is 0 Å². The van der Waals surface area contributed by atoms with E-state index in [1.807, 2.05) is 15.6 Å². The summed E-state index contributed by atoms with van der Waals surface area (Å²) < 4.78 is 9.96. The van der Waals surface area contributed by atoms with Gasteiger partial charge in [0.2, 0.25) is 0 Å². The second kappa shape index (κ2) is 5.23. The molecule has 2 aliphatic heterocycles. The fourth-order valence-corrected chi connectivity index (χ4v) is 3.28. The van der Waals surface area contributed by atoms with Gasteiger partial charge in [0.25, 0.3) is 0 Å². The zero-order chi connectivity index (χ0) is 14.2. The number of likely N-dealkylation sites (tertiary alicyclic amines) is 1. The first kappa shape index (κ1) is 13.0.